The van der Waals surface area contributed by atoms with E-state index in [0.717, 1.165) is 59.7 Å². The van der Waals surface area contributed by atoms with Crippen molar-refractivity contribution in [3.63, 3.8) is 0 Å². The highest BCUT2D eigenvalue weighted by Gasteiger charge is 2.23. The number of ether oxygens (including phenoxy) is 2. The molecule has 1 fully saturated rings. The summed E-state index contributed by atoms with van der Waals surface area (Å²) in [4.78, 5) is 10.7. The van der Waals surface area contributed by atoms with E-state index in [1.54, 1.807) is 0 Å². The van der Waals surface area contributed by atoms with Crippen molar-refractivity contribution in [2.75, 3.05) is 26.2 Å². The number of fused-ring (bicyclic) bond motifs is 1. The number of rotatable bonds is 8. The largest absolute Gasteiger partial charge is 0.488 e. The van der Waals surface area contributed by atoms with E-state index < -0.39 is 0 Å². The van der Waals surface area contributed by atoms with Crippen molar-refractivity contribution in [1.29, 1.82) is 0 Å². The minimum atomic E-state index is 0.176. The van der Waals surface area contributed by atoms with Gasteiger partial charge in [-0.25, -0.2) is 4.98 Å². The van der Waals surface area contributed by atoms with E-state index in [1.165, 1.54) is 0 Å². The molecule has 1 aromatic heterocycles. The lowest BCUT2D eigenvalue weighted by atomic mass is 10.1. The second-order valence-corrected chi connectivity index (χ2v) is 7.57. The molecule has 1 atom stereocenters. The van der Waals surface area contributed by atoms with Crippen LogP contribution in [0.15, 0.2) is 59.7 Å². The number of nitrogens with zero attached hydrogens (tertiary/aromatic N) is 3. The average Bonchev–Trinajstić information content (AvgIpc) is 3.20. The molecule has 1 unspecified atom stereocenters. The van der Waals surface area contributed by atoms with Crippen molar-refractivity contribution in [2.24, 2.45) is 4.99 Å². The summed E-state index contributed by atoms with van der Waals surface area (Å²) < 4.78 is 12.0. The molecule has 0 spiro atoms. The minimum absolute atomic E-state index is 0.176. The fraction of sp³-hybridized carbons (Fsp3) is 0.304. The first-order valence-electron chi connectivity index (χ1n) is 9.79. The Bertz CT molecular complexity index is 978. The van der Waals surface area contributed by atoms with Crippen molar-refractivity contribution in [1.82, 2.24) is 9.88 Å². The molecule has 6 heteroatoms. The fourth-order valence-corrected chi connectivity index (χ4v) is 3.79. The molecule has 1 aliphatic heterocycles. The smallest absolute Gasteiger partial charge is 0.213 e. The summed E-state index contributed by atoms with van der Waals surface area (Å²) in [6, 6.07) is 15.6. The van der Waals surface area contributed by atoms with Crippen LogP contribution in [0.4, 0.5) is 0 Å². The summed E-state index contributed by atoms with van der Waals surface area (Å²) in [6.45, 7) is 7.61. The zero-order chi connectivity index (χ0) is 20.1. The van der Waals surface area contributed by atoms with Gasteiger partial charge in [-0.3, -0.25) is 9.89 Å². The second-order valence-electron chi connectivity index (χ2n) is 7.16. The molecule has 0 bridgehead atoms. The second kappa shape index (κ2) is 9.25. The predicted molar refractivity (Wildman–Crippen MR) is 117 cm³/mol. The highest BCUT2D eigenvalue weighted by molar-refractivity contribution is 6.35. The number of likely N-dealkylation sites (tertiary alicyclic amines) is 1. The maximum Gasteiger partial charge on any atom is 0.213 e. The third-order valence-corrected chi connectivity index (χ3v) is 5.44. The molecular weight excluding hydrogens is 386 g/mol. The Labute approximate surface area is 175 Å². The van der Waals surface area contributed by atoms with Gasteiger partial charge in [0.25, 0.3) is 0 Å². The van der Waals surface area contributed by atoms with Crippen LogP contribution in [0.2, 0.25) is 5.02 Å². The average molecular weight is 410 g/mol. The van der Waals surface area contributed by atoms with Crippen molar-refractivity contribution < 1.29 is 9.47 Å². The third kappa shape index (κ3) is 4.86. The Morgan fingerprint density at radius 1 is 1.14 bits per heavy atom. The van der Waals surface area contributed by atoms with Crippen LogP contribution >= 0.6 is 11.6 Å². The Morgan fingerprint density at radius 3 is 2.79 bits per heavy atom. The van der Waals surface area contributed by atoms with Crippen LogP contribution in [-0.2, 0) is 6.61 Å². The number of pyridine rings is 1. The summed E-state index contributed by atoms with van der Waals surface area (Å²) in [5, 5.41) is 2.72. The fourth-order valence-electron chi connectivity index (χ4n) is 3.57. The lowest BCUT2D eigenvalue weighted by Gasteiger charge is -2.15. The lowest BCUT2D eigenvalue weighted by Crippen LogP contribution is -2.27. The molecule has 0 aliphatic carbocycles. The van der Waals surface area contributed by atoms with Crippen LogP contribution in [0.3, 0.4) is 0 Å². The molecule has 0 amide bonds. The van der Waals surface area contributed by atoms with Crippen LogP contribution < -0.4 is 9.47 Å². The summed E-state index contributed by atoms with van der Waals surface area (Å²) >= 11 is 6.28. The maximum absolute atomic E-state index is 6.28. The van der Waals surface area contributed by atoms with Gasteiger partial charge in [0.2, 0.25) is 5.88 Å². The van der Waals surface area contributed by atoms with Gasteiger partial charge in [0.05, 0.1) is 6.54 Å². The molecule has 0 radical (unpaired) electrons. The van der Waals surface area contributed by atoms with Gasteiger partial charge in [-0.05, 0) is 31.3 Å². The van der Waals surface area contributed by atoms with Crippen LogP contribution in [0.1, 0.15) is 12.0 Å². The van der Waals surface area contributed by atoms with Crippen molar-refractivity contribution in [3.8, 4) is 11.6 Å². The maximum atomic E-state index is 6.28. The Morgan fingerprint density at radius 2 is 2.00 bits per heavy atom. The Hall–Kier alpha value is -2.63. The van der Waals surface area contributed by atoms with E-state index in [2.05, 4.69) is 21.6 Å². The number of halogens is 1. The molecule has 1 saturated heterocycles. The standard InChI is InChI=1S/C23H24ClN3O2/c1-25-11-13-27-12-10-18(15-27)29-23-9-6-17(14-26-23)16-28-22-8-7-21(24)19-4-2-3-5-20(19)22/h2-9,14,18H,1,10-13,15-16H2. The number of benzene rings is 2. The van der Waals surface area contributed by atoms with Gasteiger partial charge < -0.3 is 9.47 Å². The molecule has 0 saturated carbocycles. The van der Waals surface area contributed by atoms with Gasteiger partial charge in [-0.2, -0.15) is 0 Å². The van der Waals surface area contributed by atoms with Crippen molar-refractivity contribution in [2.45, 2.75) is 19.1 Å². The quantitative estimate of drug-likeness (QED) is 0.509. The van der Waals surface area contributed by atoms with Crippen LogP contribution in [0.5, 0.6) is 11.6 Å². The minimum Gasteiger partial charge on any atom is -0.488 e. The van der Waals surface area contributed by atoms with E-state index in [9.17, 15) is 0 Å². The Balaban J connectivity index is 1.34. The molecule has 150 valence electrons. The Kier molecular flexibility index (Phi) is 6.27. The molecule has 4 rings (SSSR count). The first-order chi connectivity index (χ1) is 14.2. The molecular formula is C23H24ClN3O2. The van der Waals surface area contributed by atoms with E-state index in [1.807, 2.05) is 54.7 Å². The monoisotopic (exact) mass is 409 g/mol. The first kappa shape index (κ1) is 19.7. The normalized spacial score (nSPS) is 16.8. The molecule has 2 heterocycles. The van der Waals surface area contributed by atoms with E-state index in [4.69, 9.17) is 21.1 Å². The van der Waals surface area contributed by atoms with Gasteiger partial charge in [-0.1, -0.05) is 35.9 Å². The first-order valence-corrected chi connectivity index (χ1v) is 10.2. The number of aliphatic imine (C=N–C) groups is 1. The molecule has 5 nitrogen and oxygen atoms in total. The molecule has 29 heavy (non-hydrogen) atoms. The molecule has 0 N–H and O–H groups in total. The van der Waals surface area contributed by atoms with Gasteiger partial charge in [-0.15, -0.1) is 0 Å². The van der Waals surface area contributed by atoms with E-state index >= 15 is 0 Å². The lowest BCUT2D eigenvalue weighted by molar-refractivity contribution is 0.194. The van der Waals surface area contributed by atoms with E-state index in [-0.39, 0.29) is 6.10 Å². The van der Waals surface area contributed by atoms with Gasteiger partial charge in [0.15, 0.2) is 0 Å². The van der Waals surface area contributed by atoms with Crippen molar-refractivity contribution >= 4 is 29.1 Å². The summed E-state index contributed by atoms with van der Waals surface area (Å²) in [5.41, 5.74) is 0.987. The predicted octanol–water partition coefficient (Wildman–Crippen LogP) is 4.62. The molecule has 3 aromatic rings. The number of aromatic nitrogens is 1. The molecule has 1 aliphatic rings. The number of hydrogen-bond donors (Lipinski definition) is 0. The van der Waals surface area contributed by atoms with Crippen molar-refractivity contribution in [3.05, 3.63) is 65.3 Å². The van der Waals surface area contributed by atoms with Crippen LogP contribution in [0, 0.1) is 0 Å². The summed E-state index contributed by atoms with van der Waals surface area (Å²) in [6.07, 6.45) is 2.99. The zero-order valence-corrected chi connectivity index (χ0v) is 17.0. The number of hydrogen-bond acceptors (Lipinski definition) is 5. The molecule has 2 aromatic carbocycles. The summed E-state index contributed by atoms with van der Waals surface area (Å²) in [5.74, 6) is 1.46. The zero-order valence-electron chi connectivity index (χ0n) is 16.3. The van der Waals surface area contributed by atoms with E-state index in [0.29, 0.717) is 12.5 Å². The van der Waals surface area contributed by atoms with Crippen LogP contribution in [0.25, 0.3) is 10.8 Å². The highest BCUT2D eigenvalue weighted by atomic mass is 35.5. The summed E-state index contributed by atoms with van der Waals surface area (Å²) in [7, 11) is 0. The van der Waals surface area contributed by atoms with Crippen LogP contribution in [-0.4, -0.2) is 48.9 Å². The van der Waals surface area contributed by atoms with Gasteiger partial charge in [0.1, 0.15) is 18.5 Å². The van der Waals surface area contributed by atoms with Gasteiger partial charge in [0, 0.05) is 53.3 Å². The third-order valence-electron chi connectivity index (χ3n) is 5.11. The SMILES string of the molecule is C=NCCN1CCC(Oc2ccc(COc3ccc(Cl)c4ccccc34)cn2)C1. The highest BCUT2D eigenvalue weighted by Crippen LogP contribution is 2.31. The van der Waals surface area contributed by atoms with Gasteiger partial charge >= 0.3 is 0 Å². The topological polar surface area (TPSA) is 47.0 Å².